The third-order valence-corrected chi connectivity index (χ3v) is 6.96. The fourth-order valence-corrected chi connectivity index (χ4v) is 6.02. The van der Waals surface area contributed by atoms with E-state index in [0.29, 0.717) is 22.8 Å². The van der Waals surface area contributed by atoms with Crippen molar-refractivity contribution >= 4 is 10.0 Å². The van der Waals surface area contributed by atoms with Crippen molar-refractivity contribution in [3.63, 3.8) is 0 Å². The summed E-state index contributed by atoms with van der Waals surface area (Å²) in [5.74, 6) is 0.284. The molecule has 1 saturated carbocycles. The molecule has 0 aromatic carbocycles. The monoisotopic (exact) mass is 327 g/mol. The van der Waals surface area contributed by atoms with Gasteiger partial charge in [0.15, 0.2) is 0 Å². The zero-order valence-corrected chi connectivity index (χ0v) is 14.7. The molecule has 0 amide bonds. The molecule has 2 aliphatic rings. The summed E-state index contributed by atoms with van der Waals surface area (Å²) in [4.78, 5) is 0.326. The minimum absolute atomic E-state index is 0.0752. The predicted octanol–water partition coefficient (Wildman–Crippen LogP) is 1.61. The second kappa shape index (κ2) is 5.04. The molecular formula is C15H25N3O3S. The molecule has 2 heterocycles. The SMILES string of the molecule is CCn1nc(C)c(S(=O)(=O)N[C@@H]2[C@@H]3CCO[C@@H]3C2(C)C)c1C. The molecule has 22 heavy (non-hydrogen) atoms. The van der Waals surface area contributed by atoms with Crippen LogP contribution in [0.2, 0.25) is 0 Å². The van der Waals surface area contributed by atoms with Gasteiger partial charge in [-0.1, -0.05) is 13.8 Å². The highest BCUT2D eigenvalue weighted by Crippen LogP contribution is 2.52. The maximum Gasteiger partial charge on any atom is 0.244 e. The van der Waals surface area contributed by atoms with Gasteiger partial charge in [-0.15, -0.1) is 0 Å². The molecule has 1 aromatic rings. The lowest BCUT2D eigenvalue weighted by atomic mass is 9.58. The summed E-state index contributed by atoms with van der Waals surface area (Å²) in [6, 6.07) is -0.0752. The second-order valence-electron chi connectivity index (χ2n) is 6.98. The summed E-state index contributed by atoms with van der Waals surface area (Å²) >= 11 is 0. The molecule has 7 heteroatoms. The standard InChI is InChI=1S/C15H25N3O3S/c1-6-18-10(3)12(9(2)16-18)22(19,20)17-13-11-7-8-21-14(11)15(13,4)5/h11,13-14,17H,6-8H2,1-5H3/t11-,13+,14-/m0/s1. The molecule has 1 N–H and O–H groups in total. The maximum absolute atomic E-state index is 12.9. The van der Waals surface area contributed by atoms with E-state index in [2.05, 4.69) is 23.7 Å². The number of rotatable bonds is 4. The molecular weight excluding hydrogens is 302 g/mol. The molecule has 0 spiro atoms. The van der Waals surface area contributed by atoms with E-state index in [4.69, 9.17) is 4.74 Å². The molecule has 0 unspecified atom stereocenters. The van der Waals surface area contributed by atoms with E-state index in [1.54, 1.807) is 11.6 Å². The lowest BCUT2D eigenvalue weighted by molar-refractivity contribution is -0.105. The molecule has 3 atom stereocenters. The number of sulfonamides is 1. The number of aryl methyl sites for hydroxylation is 2. The van der Waals surface area contributed by atoms with Gasteiger partial charge in [0.1, 0.15) is 4.90 Å². The lowest BCUT2D eigenvalue weighted by Crippen LogP contribution is -2.66. The van der Waals surface area contributed by atoms with Crippen LogP contribution in [0.25, 0.3) is 0 Å². The first-order valence-corrected chi connectivity index (χ1v) is 9.36. The summed E-state index contributed by atoms with van der Waals surface area (Å²) in [5, 5.41) is 4.32. The fourth-order valence-electron chi connectivity index (χ4n) is 4.17. The molecule has 0 radical (unpaired) electrons. The van der Waals surface area contributed by atoms with Crippen molar-refractivity contribution in [2.45, 2.75) is 64.6 Å². The highest BCUT2D eigenvalue weighted by molar-refractivity contribution is 7.89. The third kappa shape index (κ3) is 2.13. The van der Waals surface area contributed by atoms with Crippen LogP contribution in [0, 0.1) is 25.2 Å². The van der Waals surface area contributed by atoms with E-state index < -0.39 is 10.0 Å². The molecule has 0 bridgehead atoms. The van der Waals surface area contributed by atoms with E-state index in [1.165, 1.54) is 0 Å². The minimum Gasteiger partial charge on any atom is -0.377 e. The molecule has 2 fully saturated rings. The first-order chi connectivity index (χ1) is 10.2. The number of nitrogens with one attached hydrogen (secondary N) is 1. The van der Waals surface area contributed by atoms with Gasteiger partial charge in [-0.05, 0) is 27.2 Å². The van der Waals surface area contributed by atoms with E-state index in [1.807, 2.05) is 13.8 Å². The Balaban J connectivity index is 1.90. The van der Waals surface area contributed by atoms with Gasteiger partial charge >= 0.3 is 0 Å². The topological polar surface area (TPSA) is 73.2 Å². The van der Waals surface area contributed by atoms with Crippen molar-refractivity contribution in [3.8, 4) is 0 Å². The van der Waals surface area contributed by atoms with Gasteiger partial charge in [-0.25, -0.2) is 13.1 Å². The van der Waals surface area contributed by atoms with Crippen molar-refractivity contribution in [1.29, 1.82) is 0 Å². The highest BCUT2D eigenvalue weighted by Gasteiger charge is 2.60. The Morgan fingerprint density at radius 1 is 1.41 bits per heavy atom. The molecule has 1 saturated heterocycles. The summed E-state index contributed by atoms with van der Waals surface area (Å²) in [5.41, 5.74) is 1.09. The van der Waals surface area contributed by atoms with Crippen LogP contribution in [0.1, 0.15) is 38.6 Å². The Morgan fingerprint density at radius 3 is 2.68 bits per heavy atom. The number of aromatic nitrogens is 2. The van der Waals surface area contributed by atoms with Crippen LogP contribution in [0.3, 0.4) is 0 Å². The first-order valence-electron chi connectivity index (χ1n) is 7.88. The predicted molar refractivity (Wildman–Crippen MR) is 83.1 cm³/mol. The van der Waals surface area contributed by atoms with Crippen LogP contribution >= 0.6 is 0 Å². The van der Waals surface area contributed by atoms with Crippen LogP contribution < -0.4 is 4.72 Å². The lowest BCUT2D eigenvalue weighted by Gasteiger charge is -2.54. The number of ether oxygens (including phenoxy) is 1. The van der Waals surface area contributed by atoms with Crippen molar-refractivity contribution in [3.05, 3.63) is 11.4 Å². The highest BCUT2D eigenvalue weighted by atomic mass is 32.2. The fraction of sp³-hybridized carbons (Fsp3) is 0.800. The summed E-state index contributed by atoms with van der Waals surface area (Å²) < 4.78 is 36.2. The zero-order valence-electron chi connectivity index (χ0n) is 13.9. The van der Waals surface area contributed by atoms with E-state index in [-0.39, 0.29) is 23.5 Å². The van der Waals surface area contributed by atoms with Crippen molar-refractivity contribution in [2.24, 2.45) is 11.3 Å². The van der Waals surface area contributed by atoms with Gasteiger partial charge < -0.3 is 4.74 Å². The third-order valence-electron chi connectivity index (χ3n) is 5.27. The Bertz CT molecular complexity index is 693. The average molecular weight is 327 g/mol. The minimum atomic E-state index is -3.57. The van der Waals surface area contributed by atoms with Gasteiger partial charge in [0, 0.05) is 30.5 Å². The number of fused-ring (bicyclic) bond motifs is 1. The quantitative estimate of drug-likeness (QED) is 0.912. The van der Waals surface area contributed by atoms with Crippen LogP contribution in [-0.4, -0.2) is 37.0 Å². The normalized spacial score (nSPS) is 30.1. The number of hydrogen-bond acceptors (Lipinski definition) is 4. The maximum atomic E-state index is 12.9. The Hall–Kier alpha value is -0.920. The molecule has 1 aromatic heterocycles. The molecule has 1 aliphatic carbocycles. The zero-order chi connectivity index (χ0) is 16.3. The van der Waals surface area contributed by atoms with E-state index >= 15 is 0 Å². The summed E-state index contributed by atoms with van der Waals surface area (Å²) in [6.45, 7) is 11.0. The number of nitrogens with zero attached hydrogens (tertiary/aromatic N) is 2. The van der Waals surface area contributed by atoms with E-state index in [0.717, 1.165) is 13.0 Å². The summed E-state index contributed by atoms with van der Waals surface area (Å²) in [6.07, 6.45) is 1.09. The Labute approximate surface area is 132 Å². The van der Waals surface area contributed by atoms with Crippen LogP contribution in [0.15, 0.2) is 4.90 Å². The van der Waals surface area contributed by atoms with E-state index in [9.17, 15) is 8.42 Å². The van der Waals surface area contributed by atoms with Crippen molar-refractivity contribution in [1.82, 2.24) is 14.5 Å². The van der Waals surface area contributed by atoms with Crippen LogP contribution in [0.5, 0.6) is 0 Å². The van der Waals surface area contributed by atoms with Gasteiger partial charge in [-0.3, -0.25) is 4.68 Å². The van der Waals surface area contributed by atoms with Crippen molar-refractivity contribution in [2.75, 3.05) is 6.61 Å². The smallest absolute Gasteiger partial charge is 0.244 e. The Kier molecular flexibility index (Phi) is 3.66. The molecule has 6 nitrogen and oxygen atoms in total. The largest absolute Gasteiger partial charge is 0.377 e. The second-order valence-corrected chi connectivity index (χ2v) is 8.63. The molecule has 1 aliphatic heterocycles. The first kappa shape index (κ1) is 16.0. The van der Waals surface area contributed by atoms with Crippen LogP contribution in [-0.2, 0) is 21.3 Å². The number of hydrogen-bond donors (Lipinski definition) is 1. The van der Waals surface area contributed by atoms with Crippen molar-refractivity contribution < 1.29 is 13.2 Å². The average Bonchev–Trinajstić information content (AvgIpc) is 2.99. The van der Waals surface area contributed by atoms with Gasteiger partial charge in [0.25, 0.3) is 0 Å². The van der Waals surface area contributed by atoms with Gasteiger partial charge in [0.2, 0.25) is 10.0 Å². The molecule has 124 valence electrons. The Morgan fingerprint density at radius 2 is 2.09 bits per heavy atom. The molecule has 3 rings (SSSR count). The van der Waals surface area contributed by atoms with Gasteiger partial charge in [0.05, 0.1) is 17.5 Å². The summed E-state index contributed by atoms with van der Waals surface area (Å²) in [7, 11) is -3.57. The van der Waals surface area contributed by atoms with Crippen LogP contribution in [0.4, 0.5) is 0 Å². The van der Waals surface area contributed by atoms with Gasteiger partial charge in [-0.2, -0.15) is 5.10 Å².